The van der Waals surface area contributed by atoms with Gasteiger partial charge in [0, 0.05) is 45.9 Å². The Morgan fingerprint density at radius 2 is 1.82 bits per heavy atom. The number of amides is 2. The van der Waals surface area contributed by atoms with Crippen LogP contribution < -0.4 is 19.7 Å². The number of unbranched alkanes of at least 4 members (excludes halogenated alkanes) is 1. The number of aromatic nitrogens is 2. The molecular formula is C37H44N6O6. The monoisotopic (exact) mass is 668 g/mol. The van der Waals surface area contributed by atoms with Gasteiger partial charge in [-0.15, -0.1) is 0 Å². The zero-order valence-electron chi connectivity index (χ0n) is 28.8. The first-order valence-electron chi connectivity index (χ1n) is 16.4. The first kappa shape index (κ1) is 35.2. The van der Waals surface area contributed by atoms with Crippen LogP contribution in [0.5, 0.6) is 11.5 Å². The number of aryl methyl sites for hydroxylation is 1. The molecule has 3 aromatic carbocycles. The molecule has 2 heterocycles. The molecule has 1 aromatic heterocycles. The maximum Gasteiger partial charge on any atom is 0.258 e. The number of imidazole rings is 1. The highest BCUT2D eigenvalue weighted by Gasteiger charge is 2.21. The molecule has 5 rings (SSSR count). The van der Waals surface area contributed by atoms with Crippen LogP contribution in [0.2, 0.25) is 0 Å². The van der Waals surface area contributed by atoms with Crippen LogP contribution in [0.15, 0.2) is 60.3 Å². The Hall–Kier alpha value is -5.16. The highest BCUT2D eigenvalue weighted by molar-refractivity contribution is 6.12. The van der Waals surface area contributed by atoms with Gasteiger partial charge in [0.25, 0.3) is 11.8 Å². The van der Waals surface area contributed by atoms with E-state index in [1.54, 1.807) is 44.5 Å². The van der Waals surface area contributed by atoms with Gasteiger partial charge >= 0.3 is 0 Å². The van der Waals surface area contributed by atoms with Crippen molar-refractivity contribution in [1.29, 1.82) is 0 Å². The summed E-state index contributed by atoms with van der Waals surface area (Å²) in [6, 6.07) is 15.9. The molecule has 12 heteroatoms. The molecule has 0 bridgehead atoms. The number of rotatable bonds is 14. The summed E-state index contributed by atoms with van der Waals surface area (Å²) in [6.45, 7) is 6.26. The third-order valence-corrected chi connectivity index (χ3v) is 8.63. The van der Waals surface area contributed by atoms with Crippen LogP contribution in [0.4, 0.5) is 11.4 Å². The maximum absolute atomic E-state index is 13.7. The summed E-state index contributed by atoms with van der Waals surface area (Å²) in [5.74, 6) is 3.06. The predicted molar refractivity (Wildman–Crippen MR) is 189 cm³/mol. The molecule has 0 atom stereocenters. The van der Waals surface area contributed by atoms with E-state index in [9.17, 15) is 14.4 Å². The van der Waals surface area contributed by atoms with Gasteiger partial charge in [-0.05, 0) is 81.3 Å². The number of anilines is 2. The van der Waals surface area contributed by atoms with Crippen molar-refractivity contribution < 1.29 is 28.6 Å². The van der Waals surface area contributed by atoms with Gasteiger partial charge < -0.3 is 39.2 Å². The van der Waals surface area contributed by atoms with E-state index in [1.807, 2.05) is 31.2 Å². The second-order valence-corrected chi connectivity index (χ2v) is 12.2. The van der Waals surface area contributed by atoms with E-state index in [4.69, 9.17) is 14.2 Å². The van der Waals surface area contributed by atoms with Crippen LogP contribution in [0, 0.1) is 6.92 Å². The van der Waals surface area contributed by atoms with E-state index in [0.29, 0.717) is 65.0 Å². The van der Waals surface area contributed by atoms with Gasteiger partial charge in [0.05, 0.1) is 41.9 Å². The molecule has 1 aliphatic heterocycles. The van der Waals surface area contributed by atoms with Gasteiger partial charge in [-0.2, -0.15) is 0 Å². The standard InChI is InChI=1S/C37H44N6O6/c1-25-12-15-31(33(21-25)49-20-7-6-9-27(23-44)43-18-16-41(2)17-19-43)42(3)37(46)26-13-14-29(32(22-26)48-5)39-36(45)28-10-8-11-30-35(28)40-34(38-30)24-47-4/h8,10-15,21-22H,6-7,9,16-20,24H2,1-5H3,(H,38,40)(H,39,45). The number of hydrogen-bond donors (Lipinski definition) is 2. The average molecular weight is 669 g/mol. The van der Waals surface area contributed by atoms with Crippen molar-refractivity contribution in [1.82, 2.24) is 19.8 Å². The fourth-order valence-corrected chi connectivity index (χ4v) is 5.83. The number of nitrogens with one attached hydrogen (secondary N) is 2. The fourth-order valence-electron chi connectivity index (χ4n) is 5.83. The minimum atomic E-state index is -0.366. The summed E-state index contributed by atoms with van der Waals surface area (Å²) in [5.41, 5.74) is 4.78. The number of nitrogens with zero attached hydrogens (tertiary/aromatic N) is 4. The number of likely N-dealkylation sites (N-methyl/N-ethyl adjacent to an activating group) is 1. The maximum atomic E-state index is 13.7. The molecule has 258 valence electrons. The van der Waals surface area contributed by atoms with Crippen molar-refractivity contribution in [3.05, 3.63) is 82.8 Å². The summed E-state index contributed by atoms with van der Waals surface area (Å²) in [6.07, 6.45) is 2.19. The van der Waals surface area contributed by atoms with Gasteiger partial charge in [0.2, 0.25) is 0 Å². The smallest absolute Gasteiger partial charge is 0.258 e. The summed E-state index contributed by atoms with van der Waals surface area (Å²) >= 11 is 0. The zero-order valence-corrected chi connectivity index (χ0v) is 28.8. The number of para-hydroxylation sites is 1. The van der Waals surface area contributed by atoms with Crippen molar-refractivity contribution in [2.24, 2.45) is 0 Å². The Kier molecular flexibility index (Phi) is 11.7. The fraction of sp³-hybridized carbons (Fsp3) is 0.378. The van der Waals surface area contributed by atoms with Crippen LogP contribution in [-0.2, 0) is 16.1 Å². The first-order chi connectivity index (χ1) is 23.7. The van der Waals surface area contributed by atoms with Crippen molar-refractivity contribution in [3.63, 3.8) is 0 Å². The van der Waals surface area contributed by atoms with Crippen molar-refractivity contribution in [3.8, 4) is 11.5 Å². The van der Waals surface area contributed by atoms with E-state index < -0.39 is 0 Å². The van der Waals surface area contributed by atoms with E-state index in [-0.39, 0.29) is 11.8 Å². The number of fused-ring (bicyclic) bond motifs is 1. The van der Waals surface area contributed by atoms with Gasteiger partial charge in [0.15, 0.2) is 0 Å². The molecule has 1 aliphatic rings. The number of H-pyrrole nitrogens is 1. The Labute approximate surface area is 286 Å². The topological polar surface area (TPSA) is 129 Å². The molecule has 0 radical (unpaired) electrons. The number of benzene rings is 3. The molecule has 0 saturated carbocycles. The molecule has 4 aromatic rings. The number of piperazine rings is 1. The summed E-state index contributed by atoms with van der Waals surface area (Å²) in [7, 11) is 6.85. The van der Waals surface area contributed by atoms with E-state index in [2.05, 4.69) is 38.1 Å². The van der Waals surface area contributed by atoms with E-state index in [0.717, 1.165) is 55.8 Å². The second kappa shape index (κ2) is 16.3. The third-order valence-electron chi connectivity index (χ3n) is 8.63. The predicted octanol–water partition coefficient (Wildman–Crippen LogP) is 5.07. The van der Waals surface area contributed by atoms with Crippen LogP contribution in [-0.4, -0.2) is 98.6 Å². The lowest BCUT2D eigenvalue weighted by molar-refractivity contribution is 0.0990. The Morgan fingerprint density at radius 3 is 2.55 bits per heavy atom. The highest BCUT2D eigenvalue weighted by atomic mass is 16.5. The van der Waals surface area contributed by atoms with Crippen LogP contribution in [0.3, 0.4) is 0 Å². The average Bonchev–Trinajstić information content (AvgIpc) is 3.53. The number of allylic oxidation sites excluding steroid dienone is 1. The lowest BCUT2D eigenvalue weighted by Gasteiger charge is -2.34. The van der Waals surface area contributed by atoms with Crippen molar-refractivity contribution >= 4 is 40.2 Å². The SMILES string of the molecule is COCc1nc2c(C(=O)Nc3ccc(C(=O)N(C)c4ccc(C)cc4OCCCCC(=C=O)N4CCN(C)CC4)cc3OC)cccc2[nH]1. The quantitative estimate of drug-likeness (QED) is 0.140. The molecule has 0 aliphatic carbocycles. The summed E-state index contributed by atoms with van der Waals surface area (Å²) < 4.78 is 16.9. The van der Waals surface area contributed by atoms with Gasteiger partial charge in [-0.1, -0.05) is 12.1 Å². The molecule has 0 unspecified atom stereocenters. The molecule has 1 fully saturated rings. The molecule has 49 heavy (non-hydrogen) atoms. The number of hydrogen-bond acceptors (Lipinski definition) is 9. The lowest BCUT2D eigenvalue weighted by atomic mass is 10.1. The molecule has 0 spiro atoms. The Morgan fingerprint density at radius 1 is 1.02 bits per heavy atom. The normalized spacial score (nSPS) is 13.2. The molecular weight excluding hydrogens is 624 g/mol. The molecule has 2 amide bonds. The molecule has 1 saturated heterocycles. The summed E-state index contributed by atoms with van der Waals surface area (Å²) in [4.78, 5) is 52.3. The molecule has 12 nitrogen and oxygen atoms in total. The van der Waals surface area contributed by atoms with Gasteiger partial charge in [0.1, 0.15) is 35.4 Å². The van der Waals surface area contributed by atoms with Gasteiger partial charge in [-0.25, -0.2) is 9.78 Å². The number of carbonyl (C=O) groups excluding carboxylic acids is 3. The minimum absolute atomic E-state index is 0.273. The molecule has 2 N–H and O–H groups in total. The number of methoxy groups -OCH3 is 2. The van der Waals surface area contributed by atoms with Crippen molar-refractivity contribution in [2.45, 2.75) is 32.8 Å². The third kappa shape index (κ3) is 8.47. The van der Waals surface area contributed by atoms with Crippen LogP contribution in [0.1, 0.15) is 51.4 Å². The lowest BCUT2D eigenvalue weighted by Crippen LogP contribution is -2.44. The van der Waals surface area contributed by atoms with Crippen molar-refractivity contribution in [2.75, 3.05) is 71.3 Å². The number of ether oxygens (including phenoxy) is 3. The Balaban J connectivity index is 1.23. The summed E-state index contributed by atoms with van der Waals surface area (Å²) in [5, 5.41) is 2.90. The zero-order chi connectivity index (χ0) is 34.9. The minimum Gasteiger partial charge on any atom is -0.495 e. The number of aromatic amines is 1. The largest absolute Gasteiger partial charge is 0.495 e. The number of carbonyl (C=O) groups is 2. The van der Waals surface area contributed by atoms with E-state index >= 15 is 0 Å². The highest BCUT2D eigenvalue weighted by Crippen LogP contribution is 2.32. The second-order valence-electron chi connectivity index (χ2n) is 12.2. The van der Waals surface area contributed by atoms with Gasteiger partial charge in [-0.3, -0.25) is 9.59 Å². The first-order valence-corrected chi connectivity index (χ1v) is 16.4. The van der Waals surface area contributed by atoms with Crippen LogP contribution >= 0.6 is 0 Å². The Bertz CT molecular complexity index is 1840. The van der Waals surface area contributed by atoms with E-state index in [1.165, 1.54) is 12.0 Å². The van der Waals surface area contributed by atoms with Crippen LogP contribution in [0.25, 0.3) is 11.0 Å².